The minimum Gasteiger partial charge on any atom is -0.393 e. The molecule has 1 aliphatic rings. The highest BCUT2D eigenvalue weighted by atomic mass is 19.4. The Hall–Kier alpha value is -2.55. The van der Waals surface area contributed by atoms with Crippen LogP contribution >= 0.6 is 0 Å². The number of nitrogens with zero attached hydrogens (tertiary/aromatic N) is 2. The van der Waals surface area contributed by atoms with Gasteiger partial charge < -0.3 is 10.0 Å². The molecule has 1 saturated heterocycles. The van der Waals surface area contributed by atoms with E-state index in [0.29, 0.717) is 37.3 Å². The van der Waals surface area contributed by atoms with Gasteiger partial charge >= 0.3 is 11.9 Å². The van der Waals surface area contributed by atoms with Gasteiger partial charge in [-0.2, -0.15) is 13.2 Å². The second-order valence-electron chi connectivity index (χ2n) is 6.71. The fourth-order valence-electron chi connectivity index (χ4n) is 3.24. The number of benzene rings is 1. The van der Waals surface area contributed by atoms with Crippen LogP contribution in [0.4, 0.5) is 19.0 Å². The molecule has 0 radical (unpaired) electrons. The van der Waals surface area contributed by atoms with Gasteiger partial charge in [0.05, 0.1) is 17.2 Å². The summed E-state index contributed by atoms with van der Waals surface area (Å²) in [5.74, 6) is 0.312. The highest BCUT2D eigenvalue weighted by molar-refractivity contribution is 5.48. The summed E-state index contributed by atoms with van der Waals surface area (Å²) in [5, 5.41) is 9.67. The Kier molecular flexibility index (Phi) is 5.14. The van der Waals surface area contributed by atoms with Crippen LogP contribution in [0, 0.1) is 0 Å². The van der Waals surface area contributed by atoms with Crippen molar-refractivity contribution in [1.82, 2.24) is 9.55 Å². The predicted octanol–water partition coefficient (Wildman–Crippen LogP) is 1.64. The van der Waals surface area contributed by atoms with Crippen LogP contribution in [0.2, 0.25) is 0 Å². The molecule has 0 atom stereocenters. The van der Waals surface area contributed by atoms with E-state index in [9.17, 15) is 27.9 Å². The quantitative estimate of drug-likeness (QED) is 0.845. The molecule has 146 valence electrons. The minimum absolute atomic E-state index is 0.0399. The normalized spacial score (nSPS) is 16.0. The Balaban J connectivity index is 2.03. The average Bonchev–Trinajstić information content (AvgIpc) is 2.62. The first-order valence-corrected chi connectivity index (χ1v) is 8.58. The summed E-state index contributed by atoms with van der Waals surface area (Å²) < 4.78 is 39.8. The smallest absolute Gasteiger partial charge is 0.393 e. The van der Waals surface area contributed by atoms with Gasteiger partial charge in [0.15, 0.2) is 0 Å². The zero-order valence-corrected chi connectivity index (χ0v) is 14.7. The summed E-state index contributed by atoms with van der Waals surface area (Å²) in [6, 6.07) is 4.80. The first kappa shape index (κ1) is 19.2. The van der Waals surface area contributed by atoms with Crippen molar-refractivity contribution in [3.05, 3.63) is 61.8 Å². The van der Waals surface area contributed by atoms with Crippen molar-refractivity contribution in [2.45, 2.75) is 31.5 Å². The van der Waals surface area contributed by atoms with Crippen molar-refractivity contribution in [3.8, 4) is 0 Å². The molecule has 0 aliphatic carbocycles. The molecule has 1 aliphatic heterocycles. The van der Waals surface area contributed by atoms with Crippen molar-refractivity contribution < 1.29 is 18.3 Å². The molecule has 6 nitrogen and oxygen atoms in total. The molecule has 2 aromatic rings. The second-order valence-corrected chi connectivity index (χ2v) is 6.71. The summed E-state index contributed by atoms with van der Waals surface area (Å²) in [4.78, 5) is 29.1. The van der Waals surface area contributed by atoms with Crippen molar-refractivity contribution in [2.24, 2.45) is 7.05 Å². The van der Waals surface area contributed by atoms with Crippen LogP contribution < -0.4 is 16.1 Å². The van der Waals surface area contributed by atoms with E-state index < -0.39 is 29.1 Å². The SMILES string of the molecule is Cn1c(=O)[nH]c(N2CCC(O)CC2)c(Cc2cccc(C(F)(F)F)c2)c1=O. The van der Waals surface area contributed by atoms with E-state index in [-0.39, 0.29) is 12.0 Å². The number of halogens is 3. The van der Waals surface area contributed by atoms with Crippen LogP contribution in [-0.2, 0) is 19.6 Å². The number of hydrogen-bond donors (Lipinski definition) is 2. The zero-order valence-electron chi connectivity index (χ0n) is 14.7. The van der Waals surface area contributed by atoms with Gasteiger partial charge in [-0.3, -0.25) is 14.3 Å². The zero-order chi connectivity index (χ0) is 19.8. The number of aromatic nitrogens is 2. The van der Waals surface area contributed by atoms with E-state index in [4.69, 9.17) is 0 Å². The van der Waals surface area contributed by atoms with Crippen molar-refractivity contribution in [3.63, 3.8) is 0 Å². The molecule has 1 aromatic heterocycles. The van der Waals surface area contributed by atoms with Gasteiger partial charge in [-0.15, -0.1) is 0 Å². The lowest BCUT2D eigenvalue weighted by atomic mass is 10.0. The molecule has 27 heavy (non-hydrogen) atoms. The van der Waals surface area contributed by atoms with Crippen molar-refractivity contribution in [1.29, 1.82) is 0 Å². The molecule has 3 rings (SSSR count). The molecule has 1 fully saturated rings. The number of aromatic amines is 1. The fraction of sp³-hybridized carbons (Fsp3) is 0.444. The van der Waals surface area contributed by atoms with Gasteiger partial charge in [-0.1, -0.05) is 18.2 Å². The lowest BCUT2D eigenvalue weighted by molar-refractivity contribution is -0.137. The fourth-order valence-corrected chi connectivity index (χ4v) is 3.24. The molecule has 2 N–H and O–H groups in total. The van der Waals surface area contributed by atoms with Crippen molar-refractivity contribution >= 4 is 5.82 Å². The lowest BCUT2D eigenvalue weighted by Gasteiger charge is -2.32. The van der Waals surface area contributed by atoms with Crippen LogP contribution in [0.3, 0.4) is 0 Å². The third kappa shape index (κ3) is 4.08. The maximum absolute atomic E-state index is 13.0. The van der Waals surface area contributed by atoms with Gasteiger partial charge in [0.25, 0.3) is 5.56 Å². The number of rotatable bonds is 3. The van der Waals surface area contributed by atoms with E-state index >= 15 is 0 Å². The topological polar surface area (TPSA) is 78.3 Å². The maximum atomic E-state index is 13.0. The molecule has 9 heteroatoms. The Labute approximate surface area is 152 Å². The van der Waals surface area contributed by atoms with E-state index in [2.05, 4.69) is 4.98 Å². The van der Waals surface area contributed by atoms with E-state index in [1.807, 2.05) is 0 Å². The number of H-pyrrole nitrogens is 1. The molecule has 0 unspecified atom stereocenters. The number of aliphatic hydroxyl groups is 1. The summed E-state index contributed by atoms with van der Waals surface area (Å²) >= 11 is 0. The monoisotopic (exact) mass is 383 g/mol. The first-order chi connectivity index (χ1) is 12.7. The highest BCUT2D eigenvalue weighted by Gasteiger charge is 2.30. The Morgan fingerprint density at radius 1 is 1.22 bits per heavy atom. The molecular weight excluding hydrogens is 363 g/mol. The second kappa shape index (κ2) is 7.22. The minimum atomic E-state index is -4.47. The van der Waals surface area contributed by atoms with Crippen LogP contribution in [0.1, 0.15) is 29.5 Å². The van der Waals surface area contributed by atoms with Gasteiger partial charge in [-0.05, 0) is 24.5 Å². The molecule has 0 amide bonds. The van der Waals surface area contributed by atoms with E-state index in [1.54, 1.807) is 4.90 Å². The summed E-state index contributed by atoms with van der Waals surface area (Å²) in [6.45, 7) is 0.889. The Bertz CT molecular complexity index is 941. The van der Waals surface area contributed by atoms with Crippen LogP contribution in [0.15, 0.2) is 33.9 Å². The number of piperidine rings is 1. The number of aliphatic hydroxyl groups excluding tert-OH is 1. The highest BCUT2D eigenvalue weighted by Crippen LogP contribution is 2.30. The van der Waals surface area contributed by atoms with E-state index in [1.165, 1.54) is 19.2 Å². The molecule has 2 heterocycles. The summed E-state index contributed by atoms with van der Waals surface area (Å²) in [6.07, 6.45) is -3.98. The van der Waals surface area contributed by atoms with Crippen LogP contribution in [0.5, 0.6) is 0 Å². The standard InChI is InChI=1S/C18H20F3N3O3/c1-23-16(26)14(10-11-3-2-4-12(9-11)18(19,20)21)15(22-17(23)27)24-7-5-13(25)6-8-24/h2-4,9,13,25H,5-8,10H2,1H3,(H,22,27). The van der Waals surface area contributed by atoms with Crippen molar-refractivity contribution in [2.75, 3.05) is 18.0 Å². The van der Waals surface area contributed by atoms with Crippen LogP contribution in [0.25, 0.3) is 0 Å². The Morgan fingerprint density at radius 3 is 2.52 bits per heavy atom. The van der Waals surface area contributed by atoms with Gasteiger partial charge in [-0.25, -0.2) is 4.79 Å². The first-order valence-electron chi connectivity index (χ1n) is 8.58. The average molecular weight is 383 g/mol. The molecule has 1 aromatic carbocycles. The third-order valence-corrected chi connectivity index (χ3v) is 4.79. The Morgan fingerprint density at radius 2 is 1.89 bits per heavy atom. The van der Waals surface area contributed by atoms with E-state index in [0.717, 1.165) is 16.7 Å². The lowest BCUT2D eigenvalue weighted by Crippen LogP contribution is -2.42. The van der Waals surface area contributed by atoms with Gasteiger partial charge in [0, 0.05) is 26.6 Å². The number of nitrogens with one attached hydrogen (secondary N) is 1. The van der Waals surface area contributed by atoms with Gasteiger partial charge in [0.2, 0.25) is 0 Å². The molecular formula is C18H20F3N3O3. The summed E-state index contributed by atoms with van der Waals surface area (Å²) in [7, 11) is 1.32. The summed E-state index contributed by atoms with van der Waals surface area (Å²) in [5.41, 5.74) is -1.37. The molecule has 0 saturated carbocycles. The molecule has 0 spiro atoms. The molecule has 0 bridgehead atoms. The van der Waals surface area contributed by atoms with Crippen LogP contribution in [-0.4, -0.2) is 33.9 Å². The number of anilines is 1. The predicted molar refractivity (Wildman–Crippen MR) is 94.0 cm³/mol. The largest absolute Gasteiger partial charge is 0.416 e. The maximum Gasteiger partial charge on any atom is 0.416 e. The number of alkyl halides is 3. The number of hydrogen-bond acceptors (Lipinski definition) is 4. The van der Waals surface area contributed by atoms with Gasteiger partial charge in [0.1, 0.15) is 5.82 Å². The third-order valence-electron chi connectivity index (χ3n) is 4.79.